The first-order valence-corrected chi connectivity index (χ1v) is 9.51. The van der Waals surface area contributed by atoms with Crippen molar-refractivity contribution in [1.29, 1.82) is 0 Å². The molecule has 1 saturated heterocycles. The Morgan fingerprint density at radius 2 is 1.86 bits per heavy atom. The molecule has 148 valence electrons. The summed E-state index contributed by atoms with van der Waals surface area (Å²) in [5.74, 6) is -0.276. The zero-order valence-electron chi connectivity index (χ0n) is 16.4. The Hall–Kier alpha value is -2.93. The molecule has 1 aliphatic rings. The molecular formula is C21H26N4O3. The number of amides is 1. The lowest BCUT2D eigenvalue weighted by molar-refractivity contribution is -0.385. The van der Waals surface area contributed by atoms with Crippen LogP contribution in [0.4, 0.5) is 11.4 Å². The van der Waals surface area contributed by atoms with Gasteiger partial charge in [0.15, 0.2) is 0 Å². The average Bonchev–Trinajstić information content (AvgIpc) is 2.68. The van der Waals surface area contributed by atoms with Crippen LogP contribution in [0.25, 0.3) is 0 Å². The van der Waals surface area contributed by atoms with Gasteiger partial charge in [-0.15, -0.1) is 0 Å². The number of aryl methyl sites for hydroxylation is 2. The van der Waals surface area contributed by atoms with E-state index in [1.54, 1.807) is 19.1 Å². The molecule has 1 aliphatic heterocycles. The van der Waals surface area contributed by atoms with Gasteiger partial charge in [0.05, 0.1) is 4.92 Å². The molecule has 7 nitrogen and oxygen atoms in total. The number of nitro groups is 1. The maximum Gasteiger partial charge on any atom is 0.273 e. The summed E-state index contributed by atoms with van der Waals surface area (Å²) in [5, 5.41) is 13.9. The highest BCUT2D eigenvalue weighted by atomic mass is 16.6. The van der Waals surface area contributed by atoms with E-state index in [1.807, 2.05) is 0 Å². The number of carbonyl (C=O) groups is 1. The van der Waals surface area contributed by atoms with Gasteiger partial charge in [-0.05, 0) is 37.6 Å². The Labute approximate surface area is 165 Å². The van der Waals surface area contributed by atoms with Gasteiger partial charge < -0.3 is 10.2 Å². The van der Waals surface area contributed by atoms with Crippen molar-refractivity contribution in [3.63, 3.8) is 0 Å². The Kier molecular flexibility index (Phi) is 6.26. The van der Waals surface area contributed by atoms with E-state index in [9.17, 15) is 14.9 Å². The first-order chi connectivity index (χ1) is 13.4. The first kappa shape index (κ1) is 19.8. The van der Waals surface area contributed by atoms with Crippen molar-refractivity contribution in [1.82, 2.24) is 10.2 Å². The predicted molar refractivity (Wildman–Crippen MR) is 110 cm³/mol. The van der Waals surface area contributed by atoms with Gasteiger partial charge in [0.25, 0.3) is 11.6 Å². The summed E-state index contributed by atoms with van der Waals surface area (Å²) in [5.41, 5.74) is 3.36. The summed E-state index contributed by atoms with van der Waals surface area (Å²) in [6.07, 6.45) is 0. The van der Waals surface area contributed by atoms with Crippen molar-refractivity contribution in [2.75, 3.05) is 44.2 Å². The van der Waals surface area contributed by atoms with Crippen molar-refractivity contribution < 1.29 is 9.72 Å². The molecule has 0 unspecified atom stereocenters. The third-order valence-electron chi connectivity index (χ3n) is 5.12. The number of carbonyl (C=O) groups excluding carboxylic acids is 1. The number of piperazine rings is 1. The van der Waals surface area contributed by atoms with Crippen LogP contribution in [0.15, 0.2) is 42.5 Å². The number of anilines is 1. The van der Waals surface area contributed by atoms with E-state index in [0.29, 0.717) is 17.7 Å². The average molecular weight is 382 g/mol. The molecule has 2 aromatic carbocycles. The number of rotatable bonds is 6. The molecule has 1 amide bonds. The molecule has 7 heteroatoms. The second-order valence-electron chi connectivity index (χ2n) is 7.18. The summed E-state index contributed by atoms with van der Waals surface area (Å²) >= 11 is 0. The Balaban J connectivity index is 1.45. The Bertz CT molecular complexity index is 860. The van der Waals surface area contributed by atoms with E-state index in [1.165, 1.54) is 17.3 Å². The number of hydrogen-bond acceptors (Lipinski definition) is 5. The normalized spacial score (nSPS) is 14.7. The Morgan fingerprint density at radius 1 is 1.11 bits per heavy atom. The minimum atomic E-state index is -0.459. The largest absolute Gasteiger partial charge is 0.369 e. The smallest absolute Gasteiger partial charge is 0.273 e. The molecule has 0 aliphatic carbocycles. The van der Waals surface area contributed by atoms with E-state index >= 15 is 0 Å². The fourth-order valence-electron chi connectivity index (χ4n) is 3.43. The summed E-state index contributed by atoms with van der Waals surface area (Å²) in [6, 6.07) is 13.1. The van der Waals surface area contributed by atoms with E-state index in [4.69, 9.17) is 0 Å². The SMILES string of the molecule is Cc1cccc(N2CCN(CCNC(=O)c3ccc(C)c([N+](=O)[O-])c3)CC2)c1. The van der Waals surface area contributed by atoms with Crippen molar-refractivity contribution in [3.05, 3.63) is 69.3 Å². The molecule has 1 heterocycles. The van der Waals surface area contributed by atoms with Crippen LogP contribution < -0.4 is 10.2 Å². The highest BCUT2D eigenvalue weighted by Gasteiger charge is 2.18. The number of nitrogens with one attached hydrogen (secondary N) is 1. The molecule has 1 N–H and O–H groups in total. The molecule has 0 atom stereocenters. The zero-order valence-corrected chi connectivity index (χ0v) is 16.4. The first-order valence-electron chi connectivity index (χ1n) is 9.51. The molecule has 0 spiro atoms. The second-order valence-corrected chi connectivity index (χ2v) is 7.18. The molecule has 0 radical (unpaired) electrons. The molecule has 1 fully saturated rings. The minimum absolute atomic E-state index is 0.0279. The maximum absolute atomic E-state index is 12.3. The van der Waals surface area contributed by atoms with Crippen LogP contribution >= 0.6 is 0 Å². The number of nitro benzene ring substituents is 1. The summed E-state index contributed by atoms with van der Waals surface area (Å²) in [4.78, 5) is 27.6. The van der Waals surface area contributed by atoms with Crippen molar-refractivity contribution in [3.8, 4) is 0 Å². The molecule has 2 aromatic rings. The number of hydrogen-bond donors (Lipinski definition) is 1. The number of benzene rings is 2. The van der Waals surface area contributed by atoms with Gasteiger partial charge in [0, 0.05) is 62.1 Å². The fraction of sp³-hybridized carbons (Fsp3) is 0.381. The third-order valence-corrected chi connectivity index (χ3v) is 5.12. The molecule has 28 heavy (non-hydrogen) atoms. The standard InChI is InChI=1S/C21H26N4O3/c1-16-4-3-5-19(14-16)24-12-10-23(11-13-24)9-8-22-21(26)18-7-6-17(2)20(15-18)25(27)28/h3-7,14-15H,8-13H2,1-2H3,(H,22,26). The van der Waals surface area contributed by atoms with Gasteiger partial charge in [-0.1, -0.05) is 18.2 Å². The van der Waals surface area contributed by atoms with Crippen LogP contribution in [0.5, 0.6) is 0 Å². The van der Waals surface area contributed by atoms with Crippen LogP contribution in [-0.4, -0.2) is 55.0 Å². The monoisotopic (exact) mass is 382 g/mol. The van der Waals surface area contributed by atoms with Crippen LogP contribution in [0, 0.1) is 24.0 Å². The van der Waals surface area contributed by atoms with Gasteiger partial charge in [-0.25, -0.2) is 0 Å². The fourth-order valence-corrected chi connectivity index (χ4v) is 3.43. The third kappa shape index (κ3) is 4.86. The lowest BCUT2D eigenvalue weighted by atomic mass is 10.1. The maximum atomic E-state index is 12.3. The molecule has 0 bridgehead atoms. The van der Waals surface area contributed by atoms with Gasteiger partial charge >= 0.3 is 0 Å². The minimum Gasteiger partial charge on any atom is -0.369 e. The van der Waals surface area contributed by atoms with E-state index in [0.717, 1.165) is 32.7 Å². The lowest BCUT2D eigenvalue weighted by Gasteiger charge is -2.36. The van der Waals surface area contributed by atoms with E-state index < -0.39 is 4.92 Å². The van der Waals surface area contributed by atoms with Gasteiger partial charge in [0.1, 0.15) is 0 Å². The van der Waals surface area contributed by atoms with Crippen molar-refractivity contribution >= 4 is 17.3 Å². The highest BCUT2D eigenvalue weighted by molar-refractivity contribution is 5.94. The quantitative estimate of drug-likeness (QED) is 0.614. The summed E-state index contributed by atoms with van der Waals surface area (Å²) in [7, 11) is 0. The summed E-state index contributed by atoms with van der Waals surface area (Å²) < 4.78 is 0. The molecule has 0 saturated carbocycles. The van der Waals surface area contributed by atoms with E-state index in [2.05, 4.69) is 46.3 Å². The summed E-state index contributed by atoms with van der Waals surface area (Å²) in [6.45, 7) is 8.86. The predicted octanol–water partition coefficient (Wildman–Crippen LogP) is 2.76. The van der Waals surface area contributed by atoms with Gasteiger partial charge in [0.2, 0.25) is 0 Å². The Morgan fingerprint density at radius 3 is 2.54 bits per heavy atom. The topological polar surface area (TPSA) is 78.7 Å². The van der Waals surface area contributed by atoms with Crippen LogP contribution in [0.3, 0.4) is 0 Å². The van der Waals surface area contributed by atoms with Crippen molar-refractivity contribution in [2.24, 2.45) is 0 Å². The highest BCUT2D eigenvalue weighted by Crippen LogP contribution is 2.19. The van der Waals surface area contributed by atoms with Crippen LogP contribution in [0.2, 0.25) is 0 Å². The second kappa shape index (κ2) is 8.84. The molecule has 0 aromatic heterocycles. The van der Waals surface area contributed by atoms with Crippen LogP contribution in [-0.2, 0) is 0 Å². The van der Waals surface area contributed by atoms with Gasteiger partial charge in [-0.3, -0.25) is 19.8 Å². The molecule has 3 rings (SSSR count). The van der Waals surface area contributed by atoms with Gasteiger partial charge in [-0.2, -0.15) is 0 Å². The lowest BCUT2D eigenvalue weighted by Crippen LogP contribution is -2.48. The van der Waals surface area contributed by atoms with E-state index in [-0.39, 0.29) is 11.6 Å². The molecular weight excluding hydrogens is 356 g/mol. The van der Waals surface area contributed by atoms with Crippen LogP contribution in [0.1, 0.15) is 21.5 Å². The van der Waals surface area contributed by atoms with Crippen molar-refractivity contribution in [2.45, 2.75) is 13.8 Å². The number of nitrogens with zero attached hydrogens (tertiary/aromatic N) is 3. The zero-order chi connectivity index (χ0) is 20.1.